The molecule has 3 rings (SSSR count). The van der Waals surface area contributed by atoms with Crippen LogP contribution in [-0.2, 0) is 4.79 Å². The predicted molar refractivity (Wildman–Crippen MR) is 101 cm³/mol. The number of hydrogen-bond acceptors (Lipinski definition) is 3. The normalized spacial score (nSPS) is 15.8. The van der Waals surface area contributed by atoms with Crippen molar-refractivity contribution in [3.8, 4) is 0 Å². The second-order valence-corrected chi connectivity index (χ2v) is 6.95. The zero-order valence-electron chi connectivity index (χ0n) is 14.6. The van der Waals surface area contributed by atoms with E-state index >= 15 is 0 Å². The quantitative estimate of drug-likeness (QED) is 0.826. The fourth-order valence-corrected chi connectivity index (χ4v) is 2.97. The van der Waals surface area contributed by atoms with E-state index in [0.29, 0.717) is 35.4 Å². The van der Waals surface area contributed by atoms with Crippen molar-refractivity contribution in [2.45, 2.75) is 19.8 Å². The van der Waals surface area contributed by atoms with E-state index in [4.69, 9.17) is 16.0 Å². The van der Waals surface area contributed by atoms with E-state index < -0.39 is 0 Å². The standard InChI is InChI=1S/C20H21ClN2O3/c1-14-8-10-23(11-9-14)20(25)18(13-17-3-2-12-26-17)22-19(24)15-4-6-16(21)7-5-15/h2-7,12-14H,8-11H2,1H3,(H,22,24)/b18-13-. The number of hydrogen-bond donors (Lipinski definition) is 1. The minimum Gasteiger partial charge on any atom is -0.465 e. The number of nitrogens with zero attached hydrogens (tertiary/aromatic N) is 1. The van der Waals surface area contributed by atoms with Crippen molar-refractivity contribution in [3.63, 3.8) is 0 Å². The van der Waals surface area contributed by atoms with Gasteiger partial charge < -0.3 is 14.6 Å². The Labute approximate surface area is 157 Å². The Bertz CT molecular complexity index is 789. The summed E-state index contributed by atoms with van der Waals surface area (Å²) >= 11 is 5.86. The Morgan fingerprint density at radius 1 is 1.19 bits per heavy atom. The number of piperidine rings is 1. The van der Waals surface area contributed by atoms with Crippen LogP contribution >= 0.6 is 11.6 Å². The summed E-state index contributed by atoms with van der Waals surface area (Å²) in [6.07, 6.45) is 5.02. The summed E-state index contributed by atoms with van der Waals surface area (Å²) in [6, 6.07) is 9.99. The highest BCUT2D eigenvalue weighted by atomic mass is 35.5. The monoisotopic (exact) mass is 372 g/mol. The molecule has 26 heavy (non-hydrogen) atoms. The van der Waals surface area contributed by atoms with Gasteiger partial charge >= 0.3 is 0 Å². The SMILES string of the molecule is CC1CCN(C(=O)/C(=C/c2ccco2)NC(=O)c2ccc(Cl)cc2)CC1. The first-order valence-corrected chi connectivity index (χ1v) is 9.02. The second-order valence-electron chi connectivity index (χ2n) is 6.51. The first-order chi connectivity index (χ1) is 12.5. The minimum absolute atomic E-state index is 0.199. The van der Waals surface area contributed by atoms with Gasteiger partial charge in [0, 0.05) is 29.8 Å². The Morgan fingerprint density at radius 3 is 2.50 bits per heavy atom. The number of carbonyl (C=O) groups excluding carboxylic acids is 2. The van der Waals surface area contributed by atoms with Gasteiger partial charge in [-0.1, -0.05) is 18.5 Å². The average Bonchev–Trinajstić information content (AvgIpc) is 3.15. The van der Waals surface area contributed by atoms with Crippen molar-refractivity contribution >= 4 is 29.5 Å². The molecule has 2 amide bonds. The van der Waals surface area contributed by atoms with Crippen molar-refractivity contribution in [3.05, 3.63) is 64.7 Å². The number of likely N-dealkylation sites (tertiary alicyclic amines) is 1. The molecule has 2 aromatic rings. The third kappa shape index (κ3) is 4.55. The molecule has 1 saturated heterocycles. The lowest BCUT2D eigenvalue weighted by molar-refractivity contribution is -0.128. The zero-order chi connectivity index (χ0) is 18.5. The van der Waals surface area contributed by atoms with E-state index in [9.17, 15) is 9.59 Å². The maximum absolute atomic E-state index is 12.9. The van der Waals surface area contributed by atoms with E-state index in [1.165, 1.54) is 6.26 Å². The summed E-state index contributed by atoms with van der Waals surface area (Å²) in [4.78, 5) is 27.2. The molecule has 0 saturated carbocycles. The van der Waals surface area contributed by atoms with Crippen molar-refractivity contribution in [1.82, 2.24) is 10.2 Å². The van der Waals surface area contributed by atoms with E-state index in [2.05, 4.69) is 12.2 Å². The predicted octanol–water partition coefficient (Wildman–Crippen LogP) is 3.96. The highest BCUT2D eigenvalue weighted by Gasteiger charge is 2.24. The zero-order valence-corrected chi connectivity index (χ0v) is 15.3. The number of halogens is 1. The van der Waals surface area contributed by atoms with Crippen LogP contribution in [0.25, 0.3) is 6.08 Å². The van der Waals surface area contributed by atoms with E-state index in [1.807, 2.05) is 0 Å². The highest BCUT2D eigenvalue weighted by molar-refractivity contribution is 6.30. The fraction of sp³-hybridized carbons (Fsp3) is 0.300. The van der Waals surface area contributed by atoms with Crippen molar-refractivity contribution in [2.24, 2.45) is 5.92 Å². The summed E-state index contributed by atoms with van der Waals surface area (Å²) in [5.74, 6) is 0.559. The summed E-state index contributed by atoms with van der Waals surface area (Å²) in [6.45, 7) is 3.56. The van der Waals surface area contributed by atoms with Gasteiger partial charge in [0.05, 0.1) is 6.26 Å². The molecule has 1 aliphatic rings. The van der Waals surface area contributed by atoms with Crippen molar-refractivity contribution < 1.29 is 14.0 Å². The maximum atomic E-state index is 12.9. The van der Waals surface area contributed by atoms with Crippen molar-refractivity contribution in [1.29, 1.82) is 0 Å². The lowest BCUT2D eigenvalue weighted by atomic mass is 9.99. The topological polar surface area (TPSA) is 62.6 Å². The van der Waals surface area contributed by atoms with Gasteiger partial charge in [-0.05, 0) is 55.2 Å². The molecule has 0 atom stereocenters. The Morgan fingerprint density at radius 2 is 1.88 bits per heavy atom. The third-order valence-electron chi connectivity index (χ3n) is 4.49. The summed E-state index contributed by atoms with van der Waals surface area (Å²) in [7, 11) is 0. The number of benzene rings is 1. The van der Waals surface area contributed by atoms with Crippen LogP contribution in [0.5, 0.6) is 0 Å². The largest absolute Gasteiger partial charge is 0.465 e. The van der Waals surface area contributed by atoms with Crippen LogP contribution in [0.3, 0.4) is 0 Å². The third-order valence-corrected chi connectivity index (χ3v) is 4.74. The molecule has 0 unspecified atom stereocenters. The van der Waals surface area contributed by atoms with Crippen LogP contribution in [0.1, 0.15) is 35.9 Å². The summed E-state index contributed by atoms with van der Waals surface area (Å²) < 4.78 is 5.31. The molecule has 5 nitrogen and oxygen atoms in total. The Kier molecular flexibility index (Phi) is 5.78. The molecule has 0 radical (unpaired) electrons. The van der Waals surface area contributed by atoms with Gasteiger partial charge in [0.2, 0.25) is 0 Å². The van der Waals surface area contributed by atoms with E-state index in [-0.39, 0.29) is 17.5 Å². The van der Waals surface area contributed by atoms with Crippen LogP contribution < -0.4 is 5.32 Å². The molecule has 0 aliphatic carbocycles. The molecule has 1 fully saturated rings. The summed E-state index contributed by atoms with van der Waals surface area (Å²) in [5.41, 5.74) is 0.634. The smallest absolute Gasteiger partial charge is 0.270 e. The molecular weight excluding hydrogens is 352 g/mol. The number of carbonyl (C=O) groups is 2. The van der Waals surface area contributed by atoms with Gasteiger partial charge in [-0.3, -0.25) is 9.59 Å². The molecular formula is C20H21ClN2O3. The maximum Gasteiger partial charge on any atom is 0.270 e. The Balaban J connectivity index is 1.80. The first-order valence-electron chi connectivity index (χ1n) is 8.64. The Hall–Kier alpha value is -2.53. The average molecular weight is 373 g/mol. The first kappa shape index (κ1) is 18.3. The number of furan rings is 1. The molecule has 1 N–H and O–H groups in total. The molecule has 0 spiro atoms. The second kappa shape index (κ2) is 8.23. The van der Waals surface area contributed by atoms with Gasteiger partial charge in [-0.2, -0.15) is 0 Å². The molecule has 0 bridgehead atoms. The molecule has 6 heteroatoms. The molecule has 1 aromatic heterocycles. The minimum atomic E-state index is -0.363. The van der Waals surface area contributed by atoms with Gasteiger partial charge in [0.1, 0.15) is 11.5 Å². The van der Waals surface area contributed by atoms with E-state index in [0.717, 1.165) is 12.8 Å². The van der Waals surface area contributed by atoms with Crippen molar-refractivity contribution in [2.75, 3.05) is 13.1 Å². The molecule has 1 aromatic carbocycles. The lowest BCUT2D eigenvalue weighted by Crippen LogP contribution is -2.42. The molecule has 136 valence electrons. The van der Waals surface area contributed by atoms with Crippen LogP contribution in [0.15, 0.2) is 52.8 Å². The van der Waals surface area contributed by atoms with Crippen LogP contribution in [0.2, 0.25) is 5.02 Å². The van der Waals surface area contributed by atoms with Gasteiger partial charge in [-0.25, -0.2) is 0 Å². The number of nitrogens with one attached hydrogen (secondary N) is 1. The summed E-state index contributed by atoms with van der Waals surface area (Å²) in [5, 5.41) is 3.27. The van der Waals surface area contributed by atoms with Gasteiger partial charge in [-0.15, -0.1) is 0 Å². The van der Waals surface area contributed by atoms with Crippen LogP contribution in [-0.4, -0.2) is 29.8 Å². The van der Waals surface area contributed by atoms with E-state index in [1.54, 1.807) is 47.4 Å². The number of rotatable bonds is 4. The van der Waals surface area contributed by atoms with Gasteiger partial charge in [0.15, 0.2) is 0 Å². The highest BCUT2D eigenvalue weighted by Crippen LogP contribution is 2.19. The van der Waals surface area contributed by atoms with Crippen LogP contribution in [0, 0.1) is 5.92 Å². The molecule has 2 heterocycles. The molecule has 1 aliphatic heterocycles. The fourth-order valence-electron chi connectivity index (χ4n) is 2.84. The number of amides is 2. The van der Waals surface area contributed by atoms with Crippen LogP contribution in [0.4, 0.5) is 0 Å². The van der Waals surface area contributed by atoms with Gasteiger partial charge in [0.25, 0.3) is 11.8 Å². The lowest BCUT2D eigenvalue weighted by Gasteiger charge is -2.31.